The quantitative estimate of drug-likeness (QED) is 0.887. The third-order valence-corrected chi connectivity index (χ3v) is 5.04. The second-order valence-electron chi connectivity index (χ2n) is 6.61. The van der Waals surface area contributed by atoms with Crippen LogP contribution in [0.5, 0.6) is 0 Å². The summed E-state index contributed by atoms with van der Waals surface area (Å²) in [7, 11) is 0. The number of amides is 1. The lowest BCUT2D eigenvalue weighted by molar-refractivity contribution is -0.121. The zero-order valence-electron chi connectivity index (χ0n) is 13.0. The Labute approximate surface area is 135 Å². The van der Waals surface area contributed by atoms with E-state index in [4.69, 9.17) is 4.42 Å². The molecule has 1 saturated carbocycles. The van der Waals surface area contributed by atoms with Crippen molar-refractivity contribution in [2.75, 3.05) is 13.1 Å². The highest BCUT2D eigenvalue weighted by Gasteiger charge is 2.55. The molecule has 3 heterocycles. The molecular weight excluding hydrogens is 290 g/mol. The van der Waals surface area contributed by atoms with Crippen molar-refractivity contribution in [2.45, 2.75) is 19.5 Å². The number of likely N-dealkylation sites (tertiary alicyclic amines) is 1. The minimum absolute atomic E-state index is 0.139. The second kappa shape index (κ2) is 6.16. The van der Waals surface area contributed by atoms with Crippen LogP contribution in [0.15, 0.2) is 47.3 Å². The number of furan rings is 1. The third-order valence-electron chi connectivity index (χ3n) is 5.04. The molecule has 0 aromatic carbocycles. The number of fused-ring (bicyclic) bond motifs is 1. The molecule has 0 spiro atoms. The second-order valence-corrected chi connectivity index (χ2v) is 6.61. The number of nitrogens with zero attached hydrogens (tertiary/aromatic N) is 2. The molecule has 0 bridgehead atoms. The fraction of sp³-hybridized carbons (Fsp3) is 0.444. The number of hydrogen-bond acceptors (Lipinski definition) is 4. The number of carbonyl (C=O) groups is 1. The molecule has 2 fully saturated rings. The molecule has 5 nitrogen and oxygen atoms in total. The van der Waals surface area contributed by atoms with E-state index in [0.29, 0.717) is 30.7 Å². The van der Waals surface area contributed by atoms with Gasteiger partial charge in [-0.1, -0.05) is 6.07 Å². The van der Waals surface area contributed by atoms with Gasteiger partial charge in [0.15, 0.2) is 0 Å². The topological polar surface area (TPSA) is 58.4 Å². The maximum absolute atomic E-state index is 12.0. The zero-order chi connectivity index (χ0) is 15.6. The number of pyridine rings is 1. The van der Waals surface area contributed by atoms with Crippen LogP contribution in [-0.4, -0.2) is 28.9 Å². The first-order chi connectivity index (χ1) is 11.3. The monoisotopic (exact) mass is 311 g/mol. The number of rotatable bonds is 6. The van der Waals surface area contributed by atoms with Gasteiger partial charge in [0.2, 0.25) is 5.91 Å². The summed E-state index contributed by atoms with van der Waals surface area (Å²) in [5.41, 5.74) is 1.27. The molecule has 120 valence electrons. The van der Waals surface area contributed by atoms with Crippen LogP contribution in [0.1, 0.15) is 17.7 Å². The van der Waals surface area contributed by atoms with Crippen molar-refractivity contribution in [3.8, 4) is 0 Å². The first kappa shape index (κ1) is 14.5. The van der Waals surface area contributed by atoms with Gasteiger partial charge < -0.3 is 9.73 Å². The summed E-state index contributed by atoms with van der Waals surface area (Å²) in [6.45, 7) is 3.67. The minimum Gasteiger partial charge on any atom is -0.467 e. The number of nitrogens with one attached hydrogen (secondary N) is 1. The molecule has 3 atom stereocenters. The van der Waals surface area contributed by atoms with Crippen LogP contribution in [0.25, 0.3) is 0 Å². The highest BCUT2D eigenvalue weighted by Crippen LogP contribution is 2.53. The summed E-state index contributed by atoms with van der Waals surface area (Å²) in [5, 5.41) is 2.94. The molecule has 1 saturated heterocycles. The summed E-state index contributed by atoms with van der Waals surface area (Å²) in [5.74, 6) is 2.90. The molecule has 1 aliphatic heterocycles. The SMILES string of the molecule is O=C(CC1[C@H]2CN(Cc3cccnc3)C[C@@H]12)NCc1ccco1. The van der Waals surface area contributed by atoms with E-state index in [9.17, 15) is 4.79 Å². The van der Waals surface area contributed by atoms with Crippen LogP contribution in [0, 0.1) is 17.8 Å². The third kappa shape index (κ3) is 3.29. The van der Waals surface area contributed by atoms with Gasteiger partial charge in [0.25, 0.3) is 0 Å². The zero-order valence-corrected chi connectivity index (χ0v) is 13.0. The van der Waals surface area contributed by atoms with Crippen molar-refractivity contribution >= 4 is 5.91 Å². The van der Waals surface area contributed by atoms with E-state index < -0.39 is 0 Å². The number of carbonyl (C=O) groups excluding carboxylic acids is 1. The van der Waals surface area contributed by atoms with Crippen molar-refractivity contribution < 1.29 is 9.21 Å². The van der Waals surface area contributed by atoms with Crippen molar-refractivity contribution in [3.63, 3.8) is 0 Å². The van der Waals surface area contributed by atoms with Crippen molar-refractivity contribution in [3.05, 3.63) is 54.2 Å². The molecule has 4 rings (SSSR count). The Balaban J connectivity index is 1.19. The first-order valence-corrected chi connectivity index (χ1v) is 8.20. The Morgan fingerprint density at radius 2 is 2.17 bits per heavy atom. The number of piperidine rings is 1. The van der Waals surface area contributed by atoms with Gasteiger partial charge in [0.05, 0.1) is 12.8 Å². The van der Waals surface area contributed by atoms with Crippen molar-refractivity contribution in [1.29, 1.82) is 0 Å². The molecule has 1 amide bonds. The summed E-state index contributed by atoms with van der Waals surface area (Å²) in [6.07, 6.45) is 6.02. The normalized spacial score (nSPS) is 26.0. The molecule has 1 aliphatic carbocycles. The molecule has 5 heteroatoms. The lowest BCUT2D eigenvalue weighted by Gasteiger charge is -2.19. The molecular formula is C18H21N3O2. The predicted octanol–water partition coefficient (Wildman–Crippen LogP) is 2.06. The lowest BCUT2D eigenvalue weighted by Crippen LogP contribution is -2.27. The van der Waals surface area contributed by atoms with Crippen LogP contribution in [0.2, 0.25) is 0 Å². The maximum atomic E-state index is 12.0. The minimum atomic E-state index is 0.139. The van der Waals surface area contributed by atoms with Gasteiger partial charge in [0.1, 0.15) is 5.76 Å². The van der Waals surface area contributed by atoms with Gasteiger partial charge in [-0.2, -0.15) is 0 Å². The average Bonchev–Trinajstić information content (AvgIpc) is 2.99. The van der Waals surface area contributed by atoms with E-state index in [1.165, 1.54) is 5.56 Å². The molecule has 2 aliphatic rings. The summed E-state index contributed by atoms with van der Waals surface area (Å²) in [4.78, 5) is 18.7. The Morgan fingerprint density at radius 1 is 1.30 bits per heavy atom. The van der Waals surface area contributed by atoms with Crippen LogP contribution in [0.4, 0.5) is 0 Å². The van der Waals surface area contributed by atoms with E-state index in [2.05, 4.69) is 21.3 Å². The Morgan fingerprint density at radius 3 is 2.87 bits per heavy atom. The van der Waals surface area contributed by atoms with Crippen LogP contribution >= 0.6 is 0 Å². The fourth-order valence-corrected chi connectivity index (χ4v) is 3.80. The summed E-state index contributed by atoms with van der Waals surface area (Å²) in [6, 6.07) is 7.82. The molecule has 1 unspecified atom stereocenters. The highest BCUT2D eigenvalue weighted by atomic mass is 16.3. The first-order valence-electron chi connectivity index (χ1n) is 8.20. The van der Waals surface area contributed by atoms with Crippen LogP contribution in [-0.2, 0) is 17.9 Å². The predicted molar refractivity (Wildman–Crippen MR) is 85.2 cm³/mol. The van der Waals surface area contributed by atoms with Gasteiger partial charge in [-0.05, 0) is 41.5 Å². The number of aromatic nitrogens is 1. The Kier molecular flexibility index (Phi) is 3.87. The summed E-state index contributed by atoms with van der Waals surface area (Å²) >= 11 is 0. The largest absolute Gasteiger partial charge is 0.467 e. The van der Waals surface area contributed by atoms with Crippen molar-refractivity contribution in [2.24, 2.45) is 17.8 Å². The fourth-order valence-electron chi connectivity index (χ4n) is 3.80. The van der Waals surface area contributed by atoms with Crippen LogP contribution in [0.3, 0.4) is 0 Å². The Bertz CT molecular complexity index is 644. The van der Waals surface area contributed by atoms with E-state index >= 15 is 0 Å². The average molecular weight is 311 g/mol. The highest BCUT2D eigenvalue weighted by molar-refractivity contribution is 5.76. The molecule has 1 N–H and O–H groups in total. The van der Waals surface area contributed by atoms with Gasteiger partial charge in [0, 0.05) is 38.4 Å². The summed E-state index contributed by atoms with van der Waals surface area (Å²) < 4.78 is 5.22. The maximum Gasteiger partial charge on any atom is 0.220 e. The molecule has 2 aromatic heterocycles. The van der Waals surface area contributed by atoms with Gasteiger partial charge >= 0.3 is 0 Å². The van der Waals surface area contributed by atoms with Gasteiger partial charge in [-0.3, -0.25) is 14.7 Å². The van der Waals surface area contributed by atoms with Crippen LogP contribution < -0.4 is 5.32 Å². The van der Waals surface area contributed by atoms with E-state index in [0.717, 1.165) is 25.4 Å². The lowest BCUT2D eigenvalue weighted by atomic mass is 10.1. The molecule has 0 radical (unpaired) electrons. The molecule has 2 aromatic rings. The standard InChI is InChI=1S/C18H21N3O2/c22-18(20-9-14-4-2-6-23-14)7-15-16-11-21(12-17(15)16)10-13-3-1-5-19-8-13/h1-6,8,15-17H,7,9-12H2,(H,20,22)/t15?,16-,17+. The smallest absolute Gasteiger partial charge is 0.220 e. The van der Waals surface area contributed by atoms with E-state index in [1.54, 1.807) is 6.26 Å². The van der Waals surface area contributed by atoms with Gasteiger partial charge in [-0.15, -0.1) is 0 Å². The number of hydrogen-bond donors (Lipinski definition) is 1. The van der Waals surface area contributed by atoms with Crippen molar-refractivity contribution in [1.82, 2.24) is 15.2 Å². The van der Waals surface area contributed by atoms with Gasteiger partial charge in [-0.25, -0.2) is 0 Å². The molecule has 23 heavy (non-hydrogen) atoms. The van der Waals surface area contributed by atoms with E-state index in [-0.39, 0.29) is 5.91 Å². The van der Waals surface area contributed by atoms with E-state index in [1.807, 2.05) is 30.6 Å². The Hall–Kier alpha value is -2.14.